The summed E-state index contributed by atoms with van der Waals surface area (Å²) in [6, 6.07) is 12.9. The van der Waals surface area contributed by atoms with E-state index < -0.39 is 12.6 Å². The summed E-state index contributed by atoms with van der Waals surface area (Å²) in [5, 5.41) is 7.73. The molecule has 0 aliphatic carbocycles. The fourth-order valence-electron chi connectivity index (χ4n) is 2.32. The molecule has 7 nitrogen and oxygen atoms in total. The van der Waals surface area contributed by atoms with E-state index in [0.717, 1.165) is 5.56 Å². The second kappa shape index (κ2) is 8.94. The molecule has 0 fully saturated rings. The van der Waals surface area contributed by atoms with E-state index in [0.29, 0.717) is 5.89 Å². The Bertz CT molecular complexity index is 931. The molecule has 0 amide bonds. The van der Waals surface area contributed by atoms with Crippen LogP contribution in [0, 0.1) is 0 Å². The number of carbonyl (C=O) groups excluding carboxylic acids is 1. The summed E-state index contributed by atoms with van der Waals surface area (Å²) in [7, 11) is 0. The Kier molecular flexibility index (Phi) is 6.15. The van der Waals surface area contributed by atoms with Crippen LogP contribution in [0.1, 0.15) is 23.2 Å². The van der Waals surface area contributed by atoms with E-state index in [1.165, 1.54) is 18.2 Å². The number of esters is 1. The number of benzene rings is 2. The molecule has 0 N–H and O–H groups in total. The minimum Gasteiger partial charge on any atom is -0.490 e. The molecule has 0 atom stereocenters. The van der Waals surface area contributed by atoms with Gasteiger partial charge < -0.3 is 18.6 Å². The molecule has 1 aromatic heterocycles. The van der Waals surface area contributed by atoms with Crippen LogP contribution in [-0.4, -0.2) is 29.4 Å². The lowest BCUT2D eigenvalue weighted by atomic mass is 10.2. The lowest BCUT2D eigenvalue weighted by Crippen LogP contribution is -2.08. The highest BCUT2D eigenvalue weighted by Crippen LogP contribution is 2.30. The van der Waals surface area contributed by atoms with Gasteiger partial charge in [-0.05, 0) is 37.3 Å². The van der Waals surface area contributed by atoms with Crippen molar-refractivity contribution in [2.24, 2.45) is 0 Å². The van der Waals surface area contributed by atoms with Gasteiger partial charge >= 0.3 is 12.6 Å². The SMILES string of the molecule is CCOc1cc(C(=O)OCc2nnc(-c3ccccc3)o2)ccc1OC(F)F. The molecule has 0 spiro atoms. The van der Waals surface area contributed by atoms with Crippen LogP contribution >= 0.6 is 0 Å². The number of carbonyl (C=O) groups is 1. The number of nitrogens with zero attached hydrogens (tertiary/aromatic N) is 2. The molecule has 0 unspecified atom stereocenters. The number of alkyl halides is 2. The summed E-state index contributed by atoms with van der Waals surface area (Å²) in [6.07, 6.45) is 0. The van der Waals surface area contributed by atoms with Gasteiger partial charge in [0.05, 0.1) is 12.2 Å². The van der Waals surface area contributed by atoms with Crippen LogP contribution in [0.15, 0.2) is 52.9 Å². The molecule has 0 radical (unpaired) electrons. The summed E-state index contributed by atoms with van der Waals surface area (Å²) in [6.45, 7) is -1.36. The van der Waals surface area contributed by atoms with Gasteiger partial charge in [-0.15, -0.1) is 10.2 Å². The van der Waals surface area contributed by atoms with E-state index in [2.05, 4.69) is 14.9 Å². The van der Waals surface area contributed by atoms with Crippen LogP contribution in [-0.2, 0) is 11.3 Å². The number of hydrogen-bond acceptors (Lipinski definition) is 7. The van der Waals surface area contributed by atoms with Gasteiger partial charge in [0.25, 0.3) is 5.89 Å². The molecule has 9 heteroatoms. The number of rotatable bonds is 8. The van der Waals surface area contributed by atoms with Gasteiger partial charge in [-0.25, -0.2) is 4.79 Å². The molecule has 0 saturated heterocycles. The molecule has 3 rings (SSSR count). The molecule has 2 aromatic carbocycles. The van der Waals surface area contributed by atoms with Gasteiger partial charge in [-0.1, -0.05) is 18.2 Å². The highest BCUT2D eigenvalue weighted by Gasteiger charge is 2.17. The molecule has 0 aliphatic rings. The summed E-state index contributed by atoms with van der Waals surface area (Å²) < 4.78 is 45.1. The van der Waals surface area contributed by atoms with Gasteiger partial charge in [0.1, 0.15) is 0 Å². The van der Waals surface area contributed by atoms with Gasteiger partial charge in [0.2, 0.25) is 5.89 Å². The predicted molar refractivity (Wildman–Crippen MR) is 93.1 cm³/mol. The van der Waals surface area contributed by atoms with Crippen LogP contribution in [0.3, 0.4) is 0 Å². The molecular weight excluding hydrogens is 374 g/mol. The molecule has 1 heterocycles. The third kappa shape index (κ3) is 4.81. The van der Waals surface area contributed by atoms with Crippen molar-refractivity contribution in [1.82, 2.24) is 10.2 Å². The molecular formula is C19H16F2N2O5. The highest BCUT2D eigenvalue weighted by atomic mass is 19.3. The van der Waals surface area contributed by atoms with Crippen LogP contribution in [0.2, 0.25) is 0 Å². The molecule has 3 aromatic rings. The van der Waals surface area contributed by atoms with Gasteiger partial charge in [-0.3, -0.25) is 0 Å². The first-order chi connectivity index (χ1) is 13.6. The summed E-state index contributed by atoms with van der Waals surface area (Å²) >= 11 is 0. The Balaban J connectivity index is 1.66. The Morgan fingerprint density at radius 3 is 2.61 bits per heavy atom. The van der Waals surface area contributed by atoms with Crippen molar-refractivity contribution < 1.29 is 32.2 Å². The van der Waals surface area contributed by atoms with E-state index >= 15 is 0 Å². The number of hydrogen-bond donors (Lipinski definition) is 0. The first-order valence-electron chi connectivity index (χ1n) is 8.33. The van der Waals surface area contributed by atoms with Crippen molar-refractivity contribution in [3.63, 3.8) is 0 Å². The largest absolute Gasteiger partial charge is 0.490 e. The van der Waals surface area contributed by atoms with E-state index in [4.69, 9.17) is 13.9 Å². The monoisotopic (exact) mass is 390 g/mol. The molecule has 28 heavy (non-hydrogen) atoms. The molecule has 0 bridgehead atoms. The quantitative estimate of drug-likeness (QED) is 0.536. The van der Waals surface area contributed by atoms with Gasteiger partial charge in [-0.2, -0.15) is 8.78 Å². The topological polar surface area (TPSA) is 83.7 Å². The Morgan fingerprint density at radius 1 is 1.11 bits per heavy atom. The normalized spacial score (nSPS) is 10.7. The highest BCUT2D eigenvalue weighted by molar-refractivity contribution is 5.90. The first-order valence-corrected chi connectivity index (χ1v) is 8.33. The predicted octanol–water partition coefficient (Wildman–Crippen LogP) is 4.09. The summed E-state index contributed by atoms with van der Waals surface area (Å²) in [5.74, 6) is -0.433. The van der Waals surface area contributed by atoms with Crippen LogP contribution < -0.4 is 9.47 Å². The number of aromatic nitrogens is 2. The lowest BCUT2D eigenvalue weighted by molar-refractivity contribution is -0.0514. The third-order valence-corrected chi connectivity index (χ3v) is 3.51. The summed E-state index contributed by atoms with van der Waals surface area (Å²) in [4.78, 5) is 12.2. The maximum atomic E-state index is 12.4. The van der Waals surface area contributed by atoms with E-state index in [-0.39, 0.29) is 36.2 Å². The van der Waals surface area contributed by atoms with Crippen LogP contribution in [0.5, 0.6) is 11.5 Å². The van der Waals surface area contributed by atoms with Crippen molar-refractivity contribution in [2.45, 2.75) is 20.1 Å². The maximum Gasteiger partial charge on any atom is 0.387 e. The fourth-order valence-corrected chi connectivity index (χ4v) is 2.32. The maximum absolute atomic E-state index is 12.4. The number of halogens is 2. The second-order valence-corrected chi connectivity index (χ2v) is 5.42. The van der Waals surface area contributed by atoms with Crippen LogP contribution in [0.25, 0.3) is 11.5 Å². The Labute approximate surface area is 158 Å². The smallest absolute Gasteiger partial charge is 0.387 e. The van der Waals surface area contributed by atoms with Crippen molar-refractivity contribution in [3.05, 3.63) is 60.0 Å². The van der Waals surface area contributed by atoms with Crippen molar-refractivity contribution >= 4 is 5.97 Å². The standard InChI is InChI=1S/C19H16F2N2O5/c1-2-25-15-10-13(8-9-14(15)27-19(20)21)18(24)26-11-16-22-23-17(28-16)12-6-4-3-5-7-12/h3-10,19H,2,11H2,1H3. The van der Waals surface area contributed by atoms with E-state index in [1.807, 2.05) is 30.3 Å². The van der Waals surface area contributed by atoms with Crippen molar-refractivity contribution in [2.75, 3.05) is 6.61 Å². The lowest BCUT2D eigenvalue weighted by Gasteiger charge is -2.12. The summed E-state index contributed by atoms with van der Waals surface area (Å²) in [5.41, 5.74) is 0.844. The van der Waals surface area contributed by atoms with Crippen LogP contribution in [0.4, 0.5) is 8.78 Å². The molecule has 146 valence electrons. The number of ether oxygens (including phenoxy) is 3. The van der Waals surface area contributed by atoms with Crippen molar-refractivity contribution in [3.8, 4) is 23.0 Å². The van der Waals surface area contributed by atoms with Crippen molar-refractivity contribution in [1.29, 1.82) is 0 Å². The van der Waals surface area contributed by atoms with E-state index in [9.17, 15) is 13.6 Å². The zero-order valence-corrected chi connectivity index (χ0v) is 14.8. The Hall–Kier alpha value is -3.49. The molecule has 0 aliphatic heterocycles. The van der Waals surface area contributed by atoms with Gasteiger partial charge in [0, 0.05) is 5.56 Å². The van der Waals surface area contributed by atoms with Gasteiger partial charge in [0.15, 0.2) is 18.1 Å². The third-order valence-electron chi connectivity index (χ3n) is 3.51. The molecule has 0 saturated carbocycles. The zero-order chi connectivity index (χ0) is 19.9. The average molecular weight is 390 g/mol. The fraction of sp³-hybridized carbons (Fsp3) is 0.211. The average Bonchev–Trinajstić information content (AvgIpc) is 3.17. The minimum absolute atomic E-state index is 0.0152. The Morgan fingerprint density at radius 2 is 1.89 bits per heavy atom. The van der Waals surface area contributed by atoms with E-state index in [1.54, 1.807) is 6.92 Å². The minimum atomic E-state index is -3.01. The zero-order valence-electron chi connectivity index (χ0n) is 14.8. The second-order valence-electron chi connectivity index (χ2n) is 5.42. The first kappa shape index (κ1) is 19.3.